The van der Waals surface area contributed by atoms with Crippen molar-refractivity contribution in [1.29, 1.82) is 0 Å². The highest BCUT2D eigenvalue weighted by molar-refractivity contribution is 7.89. The van der Waals surface area contributed by atoms with E-state index >= 15 is 0 Å². The van der Waals surface area contributed by atoms with Crippen molar-refractivity contribution >= 4 is 21.4 Å². The topological polar surface area (TPSA) is 49.4 Å². The van der Waals surface area contributed by atoms with Crippen molar-refractivity contribution in [3.63, 3.8) is 0 Å². The first kappa shape index (κ1) is 17.1. The van der Waals surface area contributed by atoms with Gasteiger partial charge in [0.2, 0.25) is 10.0 Å². The minimum Gasteiger partial charge on any atom is -0.300 e. The molecule has 7 heteroatoms. The third-order valence-electron chi connectivity index (χ3n) is 3.34. The van der Waals surface area contributed by atoms with Crippen LogP contribution >= 0.6 is 11.3 Å². The number of hydrogen-bond acceptors (Lipinski definition) is 4. The van der Waals surface area contributed by atoms with Gasteiger partial charge in [0.05, 0.1) is 6.04 Å². The van der Waals surface area contributed by atoms with Gasteiger partial charge < -0.3 is 4.90 Å². The van der Waals surface area contributed by atoms with E-state index in [0.717, 1.165) is 4.88 Å². The van der Waals surface area contributed by atoms with Crippen LogP contribution in [0.15, 0.2) is 40.6 Å². The first-order chi connectivity index (χ1) is 10.3. The second-order valence-corrected chi connectivity index (χ2v) is 8.00. The van der Waals surface area contributed by atoms with E-state index in [4.69, 9.17) is 0 Å². The smallest absolute Gasteiger partial charge is 0.243 e. The third-order valence-corrected chi connectivity index (χ3v) is 5.75. The van der Waals surface area contributed by atoms with Gasteiger partial charge in [-0.1, -0.05) is 12.1 Å². The number of nitrogens with one attached hydrogen (secondary N) is 1. The molecule has 0 fully saturated rings. The van der Waals surface area contributed by atoms with E-state index in [9.17, 15) is 12.8 Å². The van der Waals surface area contributed by atoms with Gasteiger partial charge in [-0.3, -0.25) is 0 Å². The summed E-state index contributed by atoms with van der Waals surface area (Å²) in [4.78, 5) is 2.68. The molecule has 120 valence electrons. The highest BCUT2D eigenvalue weighted by atomic mass is 32.2. The second kappa shape index (κ2) is 6.87. The van der Waals surface area contributed by atoms with Crippen molar-refractivity contribution in [2.45, 2.75) is 17.9 Å². The van der Waals surface area contributed by atoms with Crippen molar-refractivity contribution in [2.75, 3.05) is 20.6 Å². The van der Waals surface area contributed by atoms with E-state index in [0.29, 0.717) is 5.56 Å². The lowest BCUT2D eigenvalue weighted by Gasteiger charge is -2.23. The van der Waals surface area contributed by atoms with Crippen LogP contribution in [-0.2, 0) is 10.0 Å². The van der Waals surface area contributed by atoms with Gasteiger partial charge in [0.25, 0.3) is 0 Å². The lowest BCUT2D eigenvalue weighted by Crippen LogP contribution is -2.34. The SMILES string of the molecule is Cc1ccc(F)c(S(=O)(=O)NC[C@@H](c2cccs2)N(C)C)c1. The number of halogens is 1. The predicted molar refractivity (Wildman–Crippen MR) is 87.1 cm³/mol. The average molecular weight is 342 g/mol. The molecule has 22 heavy (non-hydrogen) atoms. The van der Waals surface area contributed by atoms with Crippen LogP contribution in [0.2, 0.25) is 0 Å². The summed E-state index contributed by atoms with van der Waals surface area (Å²) < 4.78 is 41.0. The molecule has 2 rings (SSSR count). The van der Waals surface area contributed by atoms with Crippen LogP contribution in [0.3, 0.4) is 0 Å². The predicted octanol–water partition coefficient (Wildman–Crippen LogP) is 2.78. The van der Waals surface area contributed by atoms with Crippen LogP contribution in [-0.4, -0.2) is 34.0 Å². The number of sulfonamides is 1. The first-order valence-corrected chi connectivity index (χ1v) is 9.13. The van der Waals surface area contributed by atoms with Crippen LogP contribution in [0.25, 0.3) is 0 Å². The molecule has 0 bridgehead atoms. The van der Waals surface area contributed by atoms with Gasteiger partial charge in [-0.2, -0.15) is 0 Å². The molecule has 4 nitrogen and oxygen atoms in total. The van der Waals surface area contributed by atoms with Crippen molar-refractivity contribution < 1.29 is 12.8 Å². The minimum absolute atomic E-state index is 0.0948. The van der Waals surface area contributed by atoms with Gasteiger partial charge in [-0.05, 0) is 50.2 Å². The Labute approximate surface area is 134 Å². The maximum atomic E-state index is 13.8. The van der Waals surface area contributed by atoms with Crippen LogP contribution < -0.4 is 4.72 Å². The number of hydrogen-bond donors (Lipinski definition) is 1. The summed E-state index contributed by atoms with van der Waals surface area (Å²) in [7, 11) is -0.118. The number of likely N-dealkylation sites (N-methyl/N-ethyl adjacent to an activating group) is 1. The Bertz CT molecular complexity index is 728. The summed E-state index contributed by atoms with van der Waals surface area (Å²) in [5.74, 6) is -0.740. The molecule has 1 aromatic heterocycles. The lowest BCUT2D eigenvalue weighted by molar-refractivity contribution is 0.303. The molecule has 1 N–H and O–H groups in total. The molecule has 2 aromatic rings. The Kier molecular flexibility index (Phi) is 5.33. The Morgan fingerprint density at radius 3 is 2.64 bits per heavy atom. The zero-order valence-electron chi connectivity index (χ0n) is 12.7. The number of benzene rings is 1. The Balaban J connectivity index is 2.20. The molecule has 0 aliphatic heterocycles. The monoisotopic (exact) mass is 342 g/mol. The van der Waals surface area contributed by atoms with Crippen molar-refractivity contribution in [3.8, 4) is 0 Å². The van der Waals surface area contributed by atoms with Gasteiger partial charge in [-0.15, -0.1) is 11.3 Å². The van der Waals surface area contributed by atoms with E-state index < -0.39 is 15.8 Å². The minimum atomic E-state index is -3.88. The Morgan fingerprint density at radius 2 is 2.05 bits per heavy atom. The summed E-state index contributed by atoms with van der Waals surface area (Å²) >= 11 is 1.56. The molecule has 0 saturated heterocycles. The van der Waals surface area contributed by atoms with E-state index in [1.807, 2.05) is 36.5 Å². The molecule has 1 aromatic carbocycles. The van der Waals surface area contributed by atoms with Crippen LogP contribution in [0, 0.1) is 12.7 Å². The molecule has 0 unspecified atom stereocenters. The molecule has 0 amide bonds. The van der Waals surface area contributed by atoms with E-state index in [-0.39, 0.29) is 17.5 Å². The number of thiophene rings is 1. The van der Waals surface area contributed by atoms with Gasteiger partial charge >= 0.3 is 0 Å². The van der Waals surface area contributed by atoms with Gasteiger partial charge in [0, 0.05) is 11.4 Å². The number of rotatable bonds is 6. The highest BCUT2D eigenvalue weighted by Crippen LogP contribution is 2.23. The molecule has 0 spiro atoms. The fourth-order valence-corrected chi connectivity index (χ4v) is 4.22. The highest BCUT2D eigenvalue weighted by Gasteiger charge is 2.22. The van der Waals surface area contributed by atoms with E-state index in [2.05, 4.69) is 4.72 Å². The van der Waals surface area contributed by atoms with Gasteiger partial charge in [-0.25, -0.2) is 17.5 Å². The lowest BCUT2D eigenvalue weighted by atomic mass is 10.2. The molecule has 1 atom stereocenters. The zero-order valence-corrected chi connectivity index (χ0v) is 14.3. The molecule has 0 saturated carbocycles. The zero-order chi connectivity index (χ0) is 16.3. The van der Waals surface area contributed by atoms with Gasteiger partial charge in [0.15, 0.2) is 0 Å². The number of aryl methyl sites for hydroxylation is 1. The molecule has 0 aliphatic rings. The molecular formula is C15H19FN2O2S2. The molecule has 1 heterocycles. The summed E-state index contributed by atoms with van der Waals surface area (Å²) in [5, 5.41) is 1.94. The summed E-state index contributed by atoms with van der Waals surface area (Å²) in [6.07, 6.45) is 0. The Hall–Kier alpha value is -1.28. The fourth-order valence-electron chi connectivity index (χ4n) is 2.10. The van der Waals surface area contributed by atoms with E-state index in [1.54, 1.807) is 24.3 Å². The quantitative estimate of drug-likeness (QED) is 0.878. The molecule has 0 radical (unpaired) electrons. The van der Waals surface area contributed by atoms with Crippen LogP contribution in [0.4, 0.5) is 4.39 Å². The largest absolute Gasteiger partial charge is 0.300 e. The summed E-state index contributed by atoms with van der Waals surface area (Å²) in [6.45, 7) is 1.91. The van der Waals surface area contributed by atoms with Crippen LogP contribution in [0.1, 0.15) is 16.5 Å². The first-order valence-electron chi connectivity index (χ1n) is 6.77. The normalized spacial score (nSPS) is 13.5. The van der Waals surface area contributed by atoms with Crippen LogP contribution in [0.5, 0.6) is 0 Å². The van der Waals surface area contributed by atoms with E-state index in [1.165, 1.54) is 12.1 Å². The van der Waals surface area contributed by atoms with Crippen molar-refractivity contribution in [3.05, 3.63) is 52.0 Å². The molecular weight excluding hydrogens is 323 g/mol. The fraction of sp³-hybridized carbons (Fsp3) is 0.333. The summed E-state index contributed by atoms with van der Waals surface area (Å²) in [5.41, 5.74) is 0.698. The summed E-state index contributed by atoms with van der Waals surface area (Å²) in [6, 6.07) is 7.84. The second-order valence-electron chi connectivity index (χ2n) is 5.28. The van der Waals surface area contributed by atoms with Crippen molar-refractivity contribution in [1.82, 2.24) is 9.62 Å². The van der Waals surface area contributed by atoms with Gasteiger partial charge in [0.1, 0.15) is 10.7 Å². The van der Waals surface area contributed by atoms with Crippen molar-refractivity contribution in [2.24, 2.45) is 0 Å². The maximum Gasteiger partial charge on any atom is 0.243 e. The third kappa shape index (κ3) is 3.92. The molecule has 0 aliphatic carbocycles. The standard InChI is InChI=1S/C15H19FN2O2S2/c1-11-6-7-12(16)15(9-11)22(19,20)17-10-13(18(2)3)14-5-4-8-21-14/h4-9,13,17H,10H2,1-3H3/t13-/m0/s1. The Morgan fingerprint density at radius 1 is 1.32 bits per heavy atom. The maximum absolute atomic E-state index is 13.8. The average Bonchev–Trinajstić information content (AvgIpc) is 2.95. The number of nitrogens with zero attached hydrogens (tertiary/aromatic N) is 1.